The summed E-state index contributed by atoms with van der Waals surface area (Å²) in [5.74, 6) is -0.429. The summed E-state index contributed by atoms with van der Waals surface area (Å²) in [6, 6.07) is 5.60. The van der Waals surface area contributed by atoms with E-state index in [9.17, 15) is 9.18 Å². The van der Waals surface area contributed by atoms with Gasteiger partial charge in [-0.1, -0.05) is 35.3 Å². The van der Waals surface area contributed by atoms with E-state index in [2.05, 4.69) is 15.5 Å². The molecule has 1 amide bonds. The van der Waals surface area contributed by atoms with E-state index in [-0.39, 0.29) is 22.6 Å². The van der Waals surface area contributed by atoms with E-state index in [1.165, 1.54) is 27.7 Å². The maximum absolute atomic E-state index is 13.2. The number of nitrogens with one attached hydrogen (secondary N) is 1. The highest BCUT2D eigenvalue weighted by Crippen LogP contribution is 2.22. The lowest BCUT2D eigenvalue weighted by molar-refractivity contribution is -0.119. The van der Waals surface area contributed by atoms with Crippen LogP contribution in [0.25, 0.3) is 0 Å². The van der Waals surface area contributed by atoms with Crippen LogP contribution in [-0.2, 0) is 11.3 Å². The first-order valence-corrected chi connectivity index (χ1v) is 8.16. The molecule has 25 heavy (non-hydrogen) atoms. The maximum Gasteiger partial charge on any atom is 0.250 e. The molecule has 1 N–H and O–H groups in total. The molecule has 3 aromatic rings. The van der Waals surface area contributed by atoms with Crippen molar-refractivity contribution in [2.24, 2.45) is 0 Å². The van der Waals surface area contributed by atoms with Crippen LogP contribution in [0.2, 0.25) is 10.0 Å². The first kappa shape index (κ1) is 17.4. The summed E-state index contributed by atoms with van der Waals surface area (Å²) in [4.78, 5) is 12.3. The van der Waals surface area contributed by atoms with Gasteiger partial charge in [-0.25, -0.2) is 4.39 Å². The molecule has 9 heteroatoms. The van der Waals surface area contributed by atoms with Crippen molar-refractivity contribution in [2.75, 3.05) is 5.32 Å². The highest BCUT2D eigenvalue weighted by atomic mass is 35.5. The molecule has 0 aliphatic rings. The van der Waals surface area contributed by atoms with E-state index in [0.717, 1.165) is 5.56 Å². The highest BCUT2D eigenvalue weighted by molar-refractivity contribution is 6.33. The Bertz CT molecular complexity index is 908. The van der Waals surface area contributed by atoms with Gasteiger partial charge in [-0.2, -0.15) is 10.2 Å². The first-order valence-electron chi connectivity index (χ1n) is 7.40. The fourth-order valence-electron chi connectivity index (χ4n) is 2.25. The number of anilines is 1. The van der Waals surface area contributed by atoms with Crippen LogP contribution in [0.4, 0.5) is 10.2 Å². The van der Waals surface area contributed by atoms with Crippen LogP contribution < -0.4 is 5.32 Å². The standard InChI is InChI=1S/C16H14Cl2FN5O/c1-10(24-8-12(17)6-20-24)16(25)21-15-14(18)9-23(22-15)7-11-3-2-4-13(19)5-11/h2-6,8-10H,7H2,1H3,(H,21,22,25). The lowest BCUT2D eigenvalue weighted by Gasteiger charge is -2.11. The molecule has 130 valence electrons. The van der Waals surface area contributed by atoms with Crippen LogP contribution in [-0.4, -0.2) is 25.5 Å². The molecule has 0 saturated heterocycles. The van der Waals surface area contributed by atoms with Crippen molar-refractivity contribution in [3.63, 3.8) is 0 Å². The Kier molecular flexibility index (Phi) is 5.06. The Balaban J connectivity index is 1.71. The van der Waals surface area contributed by atoms with Crippen LogP contribution in [0.1, 0.15) is 18.5 Å². The second-order valence-corrected chi connectivity index (χ2v) is 6.30. The van der Waals surface area contributed by atoms with Crippen molar-refractivity contribution >= 4 is 34.9 Å². The molecule has 0 radical (unpaired) electrons. The van der Waals surface area contributed by atoms with E-state index in [4.69, 9.17) is 23.2 Å². The van der Waals surface area contributed by atoms with Crippen molar-refractivity contribution in [1.82, 2.24) is 19.6 Å². The summed E-state index contributed by atoms with van der Waals surface area (Å²) in [6.07, 6.45) is 4.57. The Morgan fingerprint density at radius 3 is 2.84 bits per heavy atom. The second kappa shape index (κ2) is 7.25. The van der Waals surface area contributed by atoms with Gasteiger partial charge in [0.15, 0.2) is 5.82 Å². The van der Waals surface area contributed by atoms with Gasteiger partial charge >= 0.3 is 0 Å². The minimum Gasteiger partial charge on any atom is -0.306 e. The second-order valence-electron chi connectivity index (χ2n) is 5.46. The molecule has 1 unspecified atom stereocenters. The molecule has 0 aliphatic heterocycles. The zero-order valence-electron chi connectivity index (χ0n) is 13.2. The van der Waals surface area contributed by atoms with Gasteiger partial charge in [-0.15, -0.1) is 0 Å². The Morgan fingerprint density at radius 1 is 1.36 bits per heavy atom. The van der Waals surface area contributed by atoms with Crippen molar-refractivity contribution in [1.29, 1.82) is 0 Å². The maximum atomic E-state index is 13.2. The molecule has 0 bridgehead atoms. The van der Waals surface area contributed by atoms with Crippen molar-refractivity contribution < 1.29 is 9.18 Å². The van der Waals surface area contributed by atoms with Gasteiger partial charge in [0.25, 0.3) is 0 Å². The van der Waals surface area contributed by atoms with Crippen LogP contribution in [0.15, 0.2) is 42.9 Å². The lowest BCUT2D eigenvalue weighted by Crippen LogP contribution is -2.24. The van der Waals surface area contributed by atoms with Gasteiger partial charge in [0, 0.05) is 12.4 Å². The average Bonchev–Trinajstić information content (AvgIpc) is 3.13. The zero-order chi connectivity index (χ0) is 18.0. The SMILES string of the molecule is CC(C(=O)Nc1nn(Cc2cccc(F)c2)cc1Cl)n1cc(Cl)cn1. The Morgan fingerprint density at radius 2 is 2.16 bits per heavy atom. The van der Waals surface area contributed by atoms with E-state index in [0.29, 0.717) is 11.6 Å². The third-order valence-corrected chi connectivity index (χ3v) is 4.01. The van der Waals surface area contributed by atoms with Crippen molar-refractivity contribution in [2.45, 2.75) is 19.5 Å². The van der Waals surface area contributed by atoms with E-state index in [1.807, 2.05) is 0 Å². The molecule has 1 aromatic carbocycles. The van der Waals surface area contributed by atoms with E-state index >= 15 is 0 Å². The molecular weight excluding hydrogens is 368 g/mol. The topological polar surface area (TPSA) is 64.7 Å². The van der Waals surface area contributed by atoms with Gasteiger partial charge in [-0.3, -0.25) is 14.2 Å². The first-order chi connectivity index (χ1) is 11.9. The summed E-state index contributed by atoms with van der Waals surface area (Å²) in [5.41, 5.74) is 0.733. The highest BCUT2D eigenvalue weighted by Gasteiger charge is 2.19. The molecule has 2 heterocycles. The summed E-state index contributed by atoms with van der Waals surface area (Å²) < 4.78 is 16.2. The van der Waals surface area contributed by atoms with Gasteiger partial charge in [-0.05, 0) is 24.6 Å². The number of rotatable bonds is 5. The third kappa shape index (κ3) is 4.18. The monoisotopic (exact) mass is 381 g/mol. The van der Waals surface area contributed by atoms with Crippen molar-refractivity contribution in [3.05, 3.63) is 64.3 Å². The predicted molar refractivity (Wildman–Crippen MR) is 93.3 cm³/mol. The van der Waals surface area contributed by atoms with E-state index < -0.39 is 6.04 Å². The molecule has 0 saturated carbocycles. The van der Waals surface area contributed by atoms with Crippen molar-refractivity contribution in [3.8, 4) is 0 Å². The fraction of sp³-hybridized carbons (Fsp3) is 0.188. The van der Waals surface area contributed by atoms with Crippen LogP contribution >= 0.6 is 23.2 Å². The summed E-state index contributed by atoms with van der Waals surface area (Å²) in [5, 5.41) is 11.6. The van der Waals surface area contributed by atoms with Gasteiger partial charge in [0.05, 0.1) is 17.8 Å². The molecular formula is C16H14Cl2FN5O. The number of nitrogens with zero attached hydrogens (tertiary/aromatic N) is 4. The molecule has 2 aromatic heterocycles. The van der Waals surface area contributed by atoms with Gasteiger partial charge in [0.2, 0.25) is 5.91 Å². The molecule has 3 rings (SSSR count). The zero-order valence-corrected chi connectivity index (χ0v) is 14.7. The molecule has 0 aliphatic carbocycles. The average molecular weight is 382 g/mol. The lowest BCUT2D eigenvalue weighted by atomic mass is 10.2. The van der Waals surface area contributed by atoms with Gasteiger partial charge in [0.1, 0.15) is 16.9 Å². The number of benzene rings is 1. The van der Waals surface area contributed by atoms with Gasteiger partial charge < -0.3 is 5.32 Å². The number of amides is 1. The number of hydrogen-bond donors (Lipinski definition) is 1. The number of hydrogen-bond acceptors (Lipinski definition) is 3. The van der Waals surface area contributed by atoms with Crippen LogP contribution in [0.5, 0.6) is 0 Å². The predicted octanol–water partition coefficient (Wildman–Crippen LogP) is 3.77. The third-order valence-electron chi connectivity index (χ3n) is 3.54. The molecule has 1 atom stereocenters. The Hall–Kier alpha value is -2.38. The number of carbonyl (C=O) groups is 1. The molecule has 6 nitrogen and oxygen atoms in total. The Labute approximate surface area is 153 Å². The summed E-state index contributed by atoms with van der Waals surface area (Å²) >= 11 is 11.9. The normalized spacial score (nSPS) is 12.2. The summed E-state index contributed by atoms with van der Waals surface area (Å²) in [7, 11) is 0. The molecule has 0 fully saturated rings. The summed E-state index contributed by atoms with van der Waals surface area (Å²) in [6.45, 7) is 2.01. The smallest absolute Gasteiger partial charge is 0.250 e. The number of aromatic nitrogens is 4. The minimum absolute atomic E-state index is 0.230. The largest absolute Gasteiger partial charge is 0.306 e. The van der Waals surface area contributed by atoms with E-state index in [1.54, 1.807) is 31.5 Å². The van der Waals surface area contributed by atoms with Crippen LogP contribution in [0, 0.1) is 5.82 Å². The molecule has 0 spiro atoms. The quantitative estimate of drug-likeness (QED) is 0.731. The number of halogens is 3. The number of carbonyl (C=O) groups excluding carboxylic acids is 1. The minimum atomic E-state index is -0.586. The fourth-order valence-corrected chi connectivity index (χ4v) is 2.59. The van der Waals surface area contributed by atoms with Crippen LogP contribution in [0.3, 0.4) is 0 Å².